The predicted molar refractivity (Wildman–Crippen MR) is 84.9 cm³/mol. The van der Waals surface area contributed by atoms with Crippen LogP contribution in [-0.4, -0.2) is 15.3 Å². The molecule has 1 fully saturated rings. The summed E-state index contributed by atoms with van der Waals surface area (Å²) in [6.45, 7) is 0. The quantitative estimate of drug-likeness (QED) is 0.775. The molecule has 1 aliphatic heterocycles. The first-order chi connectivity index (χ1) is 10.6. The molecular formula is C15H11F2N3S2. The van der Waals surface area contributed by atoms with Gasteiger partial charge in [0.25, 0.3) is 0 Å². The molecule has 0 aliphatic carbocycles. The van der Waals surface area contributed by atoms with Gasteiger partial charge in [-0.1, -0.05) is 6.07 Å². The number of hydrogen-bond donors (Lipinski definition) is 0. The number of allylic oxidation sites excluding steroid dienone is 1. The summed E-state index contributed by atoms with van der Waals surface area (Å²) in [5, 5.41) is 9.30. The van der Waals surface area contributed by atoms with Gasteiger partial charge in [-0.25, -0.2) is 13.8 Å². The van der Waals surface area contributed by atoms with Crippen molar-refractivity contribution < 1.29 is 8.78 Å². The van der Waals surface area contributed by atoms with Gasteiger partial charge < -0.3 is 4.57 Å². The number of benzene rings is 1. The zero-order chi connectivity index (χ0) is 15.7. The molecule has 1 unspecified atom stereocenters. The van der Waals surface area contributed by atoms with Gasteiger partial charge in [0, 0.05) is 29.7 Å². The third kappa shape index (κ3) is 2.76. The third-order valence-corrected chi connectivity index (χ3v) is 6.26. The van der Waals surface area contributed by atoms with Gasteiger partial charge in [0.2, 0.25) is 0 Å². The van der Waals surface area contributed by atoms with Crippen LogP contribution in [0.25, 0.3) is 5.57 Å². The first-order valence-corrected chi connectivity index (χ1v) is 8.32. The summed E-state index contributed by atoms with van der Waals surface area (Å²) in [5.74, 6) is -0.482. The largest absolute Gasteiger partial charge is 0.333 e. The number of aryl methyl sites for hydroxylation is 1. The number of hydrogen-bond acceptors (Lipinski definition) is 4. The summed E-state index contributed by atoms with van der Waals surface area (Å²) >= 11 is 2.96. The van der Waals surface area contributed by atoms with Gasteiger partial charge in [-0.3, -0.25) is 0 Å². The minimum Gasteiger partial charge on any atom is -0.333 e. The lowest BCUT2D eigenvalue weighted by Gasteiger charge is -2.09. The molecule has 22 heavy (non-hydrogen) atoms. The van der Waals surface area contributed by atoms with Crippen LogP contribution in [-0.2, 0) is 7.05 Å². The molecule has 0 bridgehead atoms. The molecule has 2 aromatic rings. The molecule has 1 atom stereocenters. The van der Waals surface area contributed by atoms with Crippen molar-refractivity contribution in [3.05, 3.63) is 57.9 Å². The molecule has 3 nitrogen and oxygen atoms in total. The fourth-order valence-corrected chi connectivity index (χ4v) is 5.12. The van der Waals surface area contributed by atoms with Gasteiger partial charge in [0.15, 0.2) is 0 Å². The Morgan fingerprint density at radius 2 is 2.27 bits per heavy atom. The van der Waals surface area contributed by atoms with Crippen molar-refractivity contribution in [3.63, 3.8) is 0 Å². The molecule has 1 aromatic carbocycles. The van der Waals surface area contributed by atoms with Crippen LogP contribution in [0, 0.1) is 23.0 Å². The number of aromatic nitrogens is 2. The maximum atomic E-state index is 13.9. The molecule has 1 aliphatic rings. The van der Waals surface area contributed by atoms with E-state index >= 15 is 0 Å². The average Bonchev–Trinajstić information content (AvgIpc) is 3.11. The lowest BCUT2D eigenvalue weighted by Crippen LogP contribution is -1.97. The highest BCUT2D eigenvalue weighted by atomic mass is 32.2. The van der Waals surface area contributed by atoms with Crippen molar-refractivity contribution in [1.29, 1.82) is 5.26 Å². The van der Waals surface area contributed by atoms with Crippen LogP contribution in [0.5, 0.6) is 0 Å². The van der Waals surface area contributed by atoms with Crippen molar-refractivity contribution >= 4 is 29.1 Å². The van der Waals surface area contributed by atoms with Crippen LogP contribution in [0.3, 0.4) is 0 Å². The molecule has 112 valence electrons. The van der Waals surface area contributed by atoms with Gasteiger partial charge in [-0.05, 0) is 6.07 Å². The summed E-state index contributed by atoms with van der Waals surface area (Å²) in [4.78, 5) is 4.02. The number of imidazole rings is 1. The second-order valence-electron chi connectivity index (χ2n) is 4.75. The number of nitriles is 1. The normalized spacial score (nSPS) is 20.0. The predicted octanol–water partition coefficient (Wildman–Crippen LogP) is 4.11. The number of rotatable bonds is 2. The number of halogens is 2. The molecule has 3 rings (SSSR count). The molecule has 1 saturated heterocycles. The molecule has 0 N–H and O–H groups in total. The summed E-state index contributed by atoms with van der Waals surface area (Å²) in [5.41, 5.74) is 1.74. The molecular weight excluding hydrogens is 324 g/mol. The van der Waals surface area contributed by atoms with Crippen LogP contribution in [0.15, 0.2) is 35.0 Å². The van der Waals surface area contributed by atoms with Gasteiger partial charge in [0.05, 0.1) is 28.0 Å². The Morgan fingerprint density at radius 3 is 2.91 bits per heavy atom. The van der Waals surface area contributed by atoms with E-state index in [1.54, 1.807) is 17.1 Å². The Hall–Kier alpha value is -1.78. The standard InChI is InChI=1S/C15H11F2N3S2/c1-20-8-19-6-13(20)11(5-18)15-21-7-14(22-15)10-3-2-9(16)4-12(10)17/h2-4,6,8,14H,7H2,1H3/b15-11-. The zero-order valence-electron chi connectivity index (χ0n) is 11.6. The minimum atomic E-state index is -0.583. The Bertz CT molecular complexity index is 792. The maximum Gasteiger partial charge on any atom is 0.130 e. The SMILES string of the molecule is Cn1cncc1/C(C#N)=C1/SCC(c2ccc(F)cc2F)S1. The maximum absolute atomic E-state index is 13.9. The van der Waals surface area contributed by atoms with E-state index in [1.807, 2.05) is 7.05 Å². The first-order valence-electron chi connectivity index (χ1n) is 6.45. The summed E-state index contributed by atoms with van der Waals surface area (Å²) in [6, 6.07) is 5.84. The smallest absolute Gasteiger partial charge is 0.130 e. The van der Waals surface area contributed by atoms with Crippen LogP contribution in [0.4, 0.5) is 8.78 Å². The fraction of sp³-hybridized carbons (Fsp3) is 0.200. The molecule has 2 heterocycles. The average molecular weight is 335 g/mol. The van der Waals surface area contributed by atoms with Crippen LogP contribution in [0.1, 0.15) is 16.5 Å². The molecule has 7 heteroatoms. The second-order valence-corrected chi connectivity index (χ2v) is 7.25. The van der Waals surface area contributed by atoms with E-state index in [0.717, 1.165) is 16.0 Å². The highest BCUT2D eigenvalue weighted by Gasteiger charge is 2.28. The lowest BCUT2D eigenvalue weighted by molar-refractivity contribution is 0.573. The fourth-order valence-electron chi connectivity index (χ4n) is 2.20. The number of nitrogens with zero attached hydrogens (tertiary/aromatic N) is 3. The van der Waals surface area contributed by atoms with E-state index in [4.69, 9.17) is 0 Å². The summed E-state index contributed by atoms with van der Waals surface area (Å²) in [6.07, 6.45) is 3.27. The Labute approximate surface area is 135 Å². The van der Waals surface area contributed by atoms with E-state index in [9.17, 15) is 14.0 Å². The van der Waals surface area contributed by atoms with E-state index in [2.05, 4.69) is 11.1 Å². The van der Waals surface area contributed by atoms with E-state index < -0.39 is 11.6 Å². The molecule has 0 saturated carbocycles. The van der Waals surface area contributed by atoms with Gasteiger partial charge in [-0.2, -0.15) is 5.26 Å². The lowest BCUT2D eigenvalue weighted by atomic mass is 10.1. The summed E-state index contributed by atoms with van der Waals surface area (Å²) in [7, 11) is 1.82. The van der Waals surface area contributed by atoms with Crippen LogP contribution >= 0.6 is 23.5 Å². The highest BCUT2D eigenvalue weighted by Crippen LogP contribution is 2.53. The Morgan fingerprint density at radius 1 is 1.45 bits per heavy atom. The van der Waals surface area contributed by atoms with Crippen LogP contribution < -0.4 is 0 Å². The Kier molecular flexibility index (Phi) is 4.23. The van der Waals surface area contributed by atoms with E-state index in [0.29, 0.717) is 16.9 Å². The molecule has 0 radical (unpaired) electrons. The van der Waals surface area contributed by atoms with E-state index in [1.165, 1.54) is 35.7 Å². The monoisotopic (exact) mass is 335 g/mol. The summed E-state index contributed by atoms with van der Waals surface area (Å²) < 4.78 is 29.5. The second kappa shape index (κ2) is 6.15. The highest BCUT2D eigenvalue weighted by molar-refractivity contribution is 8.25. The van der Waals surface area contributed by atoms with Gasteiger partial charge in [-0.15, -0.1) is 23.5 Å². The van der Waals surface area contributed by atoms with Crippen molar-refractivity contribution in [1.82, 2.24) is 9.55 Å². The topological polar surface area (TPSA) is 41.6 Å². The third-order valence-electron chi connectivity index (χ3n) is 3.31. The van der Waals surface area contributed by atoms with Crippen molar-refractivity contribution in [2.24, 2.45) is 7.05 Å². The van der Waals surface area contributed by atoms with Crippen molar-refractivity contribution in [2.45, 2.75) is 5.25 Å². The zero-order valence-corrected chi connectivity index (χ0v) is 13.2. The van der Waals surface area contributed by atoms with Crippen molar-refractivity contribution in [2.75, 3.05) is 5.75 Å². The van der Waals surface area contributed by atoms with E-state index in [-0.39, 0.29) is 5.25 Å². The Balaban J connectivity index is 1.92. The van der Waals surface area contributed by atoms with Gasteiger partial charge in [0.1, 0.15) is 17.7 Å². The van der Waals surface area contributed by atoms with Gasteiger partial charge >= 0.3 is 0 Å². The van der Waals surface area contributed by atoms with Crippen molar-refractivity contribution in [3.8, 4) is 6.07 Å². The first kappa shape index (κ1) is 15.1. The van der Waals surface area contributed by atoms with Crippen LogP contribution in [0.2, 0.25) is 0 Å². The number of thioether (sulfide) groups is 2. The molecule has 1 aromatic heterocycles. The minimum absolute atomic E-state index is 0.128. The molecule has 0 amide bonds. The molecule has 0 spiro atoms.